The molecule has 5 heteroatoms. The summed E-state index contributed by atoms with van der Waals surface area (Å²) in [5.41, 5.74) is 1.88. The molecule has 0 heterocycles. The van der Waals surface area contributed by atoms with Gasteiger partial charge >= 0.3 is 6.03 Å². The van der Waals surface area contributed by atoms with Crippen molar-refractivity contribution in [2.24, 2.45) is 0 Å². The summed E-state index contributed by atoms with van der Waals surface area (Å²) in [6, 6.07) is 15.0. The van der Waals surface area contributed by atoms with E-state index in [4.69, 9.17) is 4.74 Å². The zero-order valence-electron chi connectivity index (χ0n) is 11.7. The van der Waals surface area contributed by atoms with E-state index in [9.17, 15) is 4.79 Å². The van der Waals surface area contributed by atoms with Crippen molar-refractivity contribution in [1.82, 2.24) is 5.32 Å². The molecule has 2 amide bonds. The number of hydrogen-bond donors (Lipinski definition) is 2. The van der Waals surface area contributed by atoms with Gasteiger partial charge in [0.15, 0.2) is 0 Å². The third-order valence-electron chi connectivity index (χ3n) is 2.73. The summed E-state index contributed by atoms with van der Waals surface area (Å²) >= 11 is 3.36. The van der Waals surface area contributed by atoms with Crippen molar-refractivity contribution in [3.8, 4) is 5.75 Å². The molecule has 0 aromatic heterocycles. The number of amides is 2. The van der Waals surface area contributed by atoms with Crippen LogP contribution in [-0.2, 0) is 0 Å². The number of rotatable bonds is 5. The van der Waals surface area contributed by atoms with Crippen LogP contribution in [-0.4, -0.2) is 19.2 Å². The van der Waals surface area contributed by atoms with E-state index in [0.717, 1.165) is 21.5 Å². The number of nitrogens with one attached hydrogen (secondary N) is 2. The van der Waals surface area contributed by atoms with Gasteiger partial charge in [0.05, 0.1) is 6.54 Å². The third-order valence-corrected chi connectivity index (χ3v) is 3.22. The Morgan fingerprint density at radius 2 is 2.00 bits per heavy atom. The molecule has 2 N–H and O–H groups in total. The Morgan fingerprint density at radius 3 is 2.76 bits per heavy atom. The molecule has 0 spiro atoms. The van der Waals surface area contributed by atoms with E-state index in [1.807, 2.05) is 55.5 Å². The summed E-state index contributed by atoms with van der Waals surface area (Å²) in [4.78, 5) is 11.7. The van der Waals surface area contributed by atoms with Crippen LogP contribution in [0.5, 0.6) is 5.75 Å². The first-order valence-corrected chi connectivity index (χ1v) is 7.43. The van der Waals surface area contributed by atoms with Gasteiger partial charge in [-0.05, 0) is 42.8 Å². The average Bonchev–Trinajstić information content (AvgIpc) is 2.44. The van der Waals surface area contributed by atoms with Gasteiger partial charge in [-0.25, -0.2) is 4.79 Å². The lowest BCUT2D eigenvalue weighted by atomic mass is 10.2. The molecular formula is C16H17BrN2O2. The normalized spacial score (nSPS) is 10.0. The van der Waals surface area contributed by atoms with Crippen LogP contribution in [0, 0.1) is 6.92 Å². The number of carbonyl (C=O) groups is 1. The number of carbonyl (C=O) groups excluding carboxylic acids is 1. The molecule has 2 aromatic rings. The van der Waals surface area contributed by atoms with E-state index < -0.39 is 0 Å². The number of benzene rings is 2. The van der Waals surface area contributed by atoms with Gasteiger partial charge in [-0.2, -0.15) is 0 Å². The second-order valence-corrected chi connectivity index (χ2v) is 5.47. The Bertz CT molecular complexity index is 617. The zero-order valence-corrected chi connectivity index (χ0v) is 13.3. The van der Waals surface area contributed by atoms with E-state index in [-0.39, 0.29) is 6.03 Å². The fraction of sp³-hybridized carbons (Fsp3) is 0.188. The minimum atomic E-state index is -0.249. The van der Waals surface area contributed by atoms with Crippen LogP contribution in [0.1, 0.15) is 5.56 Å². The van der Waals surface area contributed by atoms with Crippen molar-refractivity contribution in [3.63, 3.8) is 0 Å². The number of anilines is 1. The first-order chi connectivity index (χ1) is 10.1. The molecule has 21 heavy (non-hydrogen) atoms. The molecule has 0 radical (unpaired) electrons. The maximum atomic E-state index is 11.7. The van der Waals surface area contributed by atoms with Crippen molar-refractivity contribution in [2.45, 2.75) is 6.92 Å². The number of urea groups is 1. The Labute approximate surface area is 132 Å². The molecule has 0 atom stereocenters. The lowest BCUT2D eigenvalue weighted by molar-refractivity contribution is 0.247. The maximum Gasteiger partial charge on any atom is 0.319 e. The summed E-state index contributed by atoms with van der Waals surface area (Å²) in [6.07, 6.45) is 0. The van der Waals surface area contributed by atoms with Crippen molar-refractivity contribution in [2.75, 3.05) is 18.5 Å². The molecule has 2 aromatic carbocycles. The summed E-state index contributed by atoms with van der Waals surface area (Å²) in [5.74, 6) is 0.809. The molecule has 0 unspecified atom stereocenters. The van der Waals surface area contributed by atoms with Crippen LogP contribution < -0.4 is 15.4 Å². The Kier molecular flexibility index (Phi) is 5.63. The van der Waals surface area contributed by atoms with Gasteiger partial charge in [-0.1, -0.05) is 34.1 Å². The predicted octanol–water partition coefficient (Wildman–Crippen LogP) is 3.96. The van der Waals surface area contributed by atoms with Crippen molar-refractivity contribution >= 4 is 27.6 Å². The number of ether oxygens (including phenoxy) is 1. The maximum absolute atomic E-state index is 11.7. The first kappa shape index (κ1) is 15.4. The molecule has 0 aliphatic carbocycles. The standard InChI is InChI=1S/C16H17BrN2O2/c1-12-4-2-7-15(10-12)21-9-8-18-16(20)19-14-6-3-5-13(17)11-14/h2-7,10-11H,8-9H2,1H3,(H2,18,19,20). The second kappa shape index (κ2) is 7.69. The van der Waals surface area contributed by atoms with Gasteiger partial charge in [0, 0.05) is 10.2 Å². The number of hydrogen-bond acceptors (Lipinski definition) is 2. The molecule has 4 nitrogen and oxygen atoms in total. The molecule has 0 fully saturated rings. The number of aryl methyl sites for hydroxylation is 1. The van der Waals surface area contributed by atoms with Crippen LogP contribution in [0.3, 0.4) is 0 Å². The fourth-order valence-corrected chi connectivity index (χ4v) is 2.18. The van der Waals surface area contributed by atoms with Crippen molar-refractivity contribution in [3.05, 3.63) is 58.6 Å². The van der Waals surface area contributed by atoms with E-state index in [1.165, 1.54) is 0 Å². The lowest BCUT2D eigenvalue weighted by Crippen LogP contribution is -2.32. The van der Waals surface area contributed by atoms with Crippen LogP contribution in [0.2, 0.25) is 0 Å². The molecule has 110 valence electrons. The van der Waals surface area contributed by atoms with Crippen molar-refractivity contribution in [1.29, 1.82) is 0 Å². The lowest BCUT2D eigenvalue weighted by Gasteiger charge is -2.09. The monoisotopic (exact) mass is 348 g/mol. The highest BCUT2D eigenvalue weighted by molar-refractivity contribution is 9.10. The molecule has 0 bridgehead atoms. The van der Waals surface area contributed by atoms with Gasteiger partial charge in [0.1, 0.15) is 12.4 Å². The van der Waals surface area contributed by atoms with Crippen LogP contribution in [0.25, 0.3) is 0 Å². The SMILES string of the molecule is Cc1cccc(OCCNC(=O)Nc2cccc(Br)c2)c1. The summed E-state index contributed by atoms with van der Waals surface area (Å²) in [7, 11) is 0. The Hall–Kier alpha value is -2.01. The van der Waals surface area contributed by atoms with Gasteiger partial charge in [0.2, 0.25) is 0 Å². The van der Waals surface area contributed by atoms with Gasteiger partial charge in [-0.15, -0.1) is 0 Å². The van der Waals surface area contributed by atoms with Crippen LogP contribution in [0.15, 0.2) is 53.0 Å². The minimum absolute atomic E-state index is 0.249. The number of halogens is 1. The predicted molar refractivity (Wildman–Crippen MR) is 87.8 cm³/mol. The largest absolute Gasteiger partial charge is 0.492 e. The van der Waals surface area contributed by atoms with Gasteiger partial charge in [0.25, 0.3) is 0 Å². The minimum Gasteiger partial charge on any atom is -0.492 e. The van der Waals surface area contributed by atoms with Crippen LogP contribution >= 0.6 is 15.9 Å². The summed E-state index contributed by atoms with van der Waals surface area (Å²) < 4.78 is 6.48. The smallest absolute Gasteiger partial charge is 0.319 e. The fourth-order valence-electron chi connectivity index (χ4n) is 1.78. The highest BCUT2D eigenvalue weighted by Crippen LogP contribution is 2.15. The molecular weight excluding hydrogens is 332 g/mol. The molecule has 2 rings (SSSR count). The van der Waals surface area contributed by atoms with E-state index in [0.29, 0.717) is 13.2 Å². The topological polar surface area (TPSA) is 50.4 Å². The highest BCUT2D eigenvalue weighted by Gasteiger charge is 2.01. The molecule has 0 aliphatic rings. The van der Waals surface area contributed by atoms with E-state index in [2.05, 4.69) is 26.6 Å². The second-order valence-electron chi connectivity index (χ2n) is 4.56. The molecule has 0 saturated heterocycles. The highest BCUT2D eigenvalue weighted by atomic mass is 79.9. The average molecular weight is 349 g/mol. The van der Waals surface area contributed by atoms with Gasteiger partial charge < -0.3 is 15.4 Å². The Balaban J connectivity index is 1.70. The zero-order chi connectivity index (χ0) is 15.1. The summed E-state index contributed by atoms with van der Waals surface area (Å²) in [6.45, 7) is 2.87. The quantitative estimate of drug-likeness (QED) is 0.803. The van der Waals surface area contributed by atoms with Gasteiger partial charge in [-0.3, -0.25) is 0 Å². The van der Waals surface area contributed by atoms with Crippen molar-refractivity contribution < 1.29 is 9.53 Å². The molecule has 0 saturated carbocycles. The third kappa shape index (κ3) is 5.47. The Morgan fingerprint density at radius 1 is 1.19 bits per heavy atom. The summed E-state index contributed by atoms with van der Waals surface area (Å²) in [5, 5.41) is 5.50. The van der Waals surface area contributed by atoms with E-state index >= 15 is 0 Å². The van der Waals surface area contributed by atoms with E-state index in [1.54, 1.807) is 0 Å². The molecule has 0 aliphatic heterocycles. The van der Waals surface area contributed by atoms with Crippen LogP contribution in [0.4, 0.5) is 10.5 Å². The first-order valence-electron chi connectivity index (χ1n) is 6.63.